The van der Waals surface area contributed by atoms with Crippen molar-refractivity contribution in [3.05, 3.63) is 11.8 Å². The molecule has 0 spiro atoms. The van der Waals surface area contributed by atoms with Gasteiger partial charge in [-0.15, -0.1) is 0 Å². The molecule has 2 unspecified atom stereocenters. The summed E-state index contributed by atoms with van der Waals surface area (Å²) in [7, 11) is 0. The van der Waals surface area contributed by atoms with Crippen molar-refractivity contribution < 1.29 is 19.8 Å². The normalized spacial score (nSPS) is 32.0. The second kappa shape index (κ2) is 2.81. The summed E-state index contributed by atoms with van der Waals surface area (Å²) in [5.41, 5.74) is 0.242. The Labute approximate surface area is 80.6 Å². The first-order valence-corrected chi connectivity index (χ1v) is 4.46. The number of aliphatic carboxylic acids is 1. The lowest BCUT2D eigenvalue weighted by atomic mass is 9.83. The lowest BCUT2D eigenvalue weighted by Crippen LogP contribution is -2.59. The van der Waals surface area contributed by atoms with Gasteiger partial charge in [0.1, 0.15) is 0 Å². The Hall–Kier alpha value is -1.36. The minimum atomic E-state index is -0.989. The number of fused-ring (bicyclic) bond motifs is 1. The summed E-state index contributed by atoms with van der Waals surface area (Å²) in [6.45, 7) is 1.55. The molecule has 0 aromatic heterocycles. The molecule has 1 fully saturated rings. The van der Waals surface area contributed by atoms with Crippen molar-refractivity contribution in [2.24, 2.45) is 5.92 Å². The highest BCUT2D eigenvalue weighted by Crippen LogP contribution is 2.39. The molecule has 2 aliphatic heterocycles. The number of amides is 1. The summed E-state index contributed by atoms with van der Waals surface area (Å²) in [5.74, 6) is -1.60. The van der Waals surface area contributed by atoms with E-state index in [0.29, 0.717) is 6.42 Å². The van der Waals surface area contributed by atoms with E-state index in [9.17, 15) is 14.7 Å². The molecule has 5 heteroatoms. The van der Waals surface area contributed by atoms with Gasteiger partial charge in [0, 0.05) is 12.6 Å². The van der Waals surface area contributed by atoms with Crippen LogP contribution >= 0.6 is 0 Å². The molecule has 0 aromatic rings. The second-order valence-corrected chi connectivity index (χ2v) is 3.74. The third-order valence-corrected chi connectivity index (χ3v) is 2.83. The summed E-state index contributed by atoms with van der Waals surface area (Å²) in [5, 5.41) is 18.0. The molecule has 2 rings (SSSR count). The molecule has 3 atom stereocenters. The fraction of sp³-hybridized carbons (Fsp3) is 0.556. The van der Waals surface area contributed by atoms with E-state index >= 15 is 0 Å². The smallest absolute Gasteiger partial charge is 0.333 e. The number of aliphatic hydroxyl groups is 1. The largest absolute Gasteiger partial charge is 0.478 e. The van der Waals surface area contributed by atoms with Gasteiger partial charge in [-0.2, -0.15) is 0 Å². The maximum atomic E-state index is 11.4. The molecule has 0 bridgehead atoms. The quantitative estimate of drug-likeness (QED) is 0.588. The Morgan fingerprint density at radius 2 is 2.36 bits per heavy atom. The van der Waals surface area contributed by atoms with Crippen molar-refractivity contribution in [2.45, 2.75) is 25.5 Å². The lowest BCUT2D eigenvalue weighted by Gasteiger charge is -2.43. The Morgan fingerprint density at radius 1 is 1.71 bits per heavy atom. The van der Waals surface area contributed by atoms with Crippen LogP contribution in [0.25, 0.3) is 0 Å². The van der Waals surface area contributed by atoms with Gasteiger partial charge < -0.3 is 15.1 Å². The highest BCUT2D eigenvalue weighted by Gasteiger charge is 2.52. The summed E-state index contributed by atoms with van der Waals surface area (Å²) in [6.07, 6.45) is 1.01. The van der Waals surface area contributed by atoms with Crippen molar-refractivity contribution in [3.63, 3.8) is 0 Å². The lowest BCUT2D eigenvalue weighted by molar-refractivity contribution is -0.156. The first-order valence-electron chi connectivity index (χ1n) is 4.46. The third kappa shape index (κ3) is 1.05. The van der Waals surface area contributed by atoms with Crippen LogP contribution < -0.4 is 0 Å². The van der Waals surface area contributed by atoms with Gasteiger partial charge in [-0.3, -0.25) is 4.79 Å². The second-order valence-electron chi connectivity index (χ2n) is 3.74. The van der Waals surface area contributed by atoms with Crippen LogP contribution in [0.5, 0.6) is 0 Å². The van der Waals surface area contributed by atoms with Crippen molar-refractivity contribution >= 4 is 11.9 Å². The minimum Gasteiger partial charge on any atom is -0.478 e. The highest BCUT2D eigenvalue weighted by atomic mass is 16.4. The van der Waals surface area contributed by atoms with E-state index < -0.39 is 18.0 Å². The molecule has 2 heterocycles. The molecule has 2 N–H and O–H groups in total. The zero-order chi connectivity index (χ0) is 10.5. The van der Waals surface area contributed by atoms with E-state index in [-0.39, 0.29) is 17.5 Å². The van der Waals surface area contributed by atoms with E-state index in [1.165, 1.54) is 11.1 Å². The van der Waals surface area contributed by atoms with E-state index in [1.807, 2.05) is 0 Å². The van der Waals surface area contributed by atoms with Crippen molar-refractivity contribution in [1.29, 1.82) is 0 Å². The third-order valence-electron chi connectivity index (χ3n) is 2.83. The molecule has 14 heavy (non-hydrogen) atoms. The topological polar surface area (TPSA) is 77.8 Å². The summed E-state index contributed by atoms with van der Waals surface area (Å²) < 4.78 is 0. The van der Waals surface area contributed by atoms with E-state index in [4.69, 9.17) is 5.11 Å². The Balaban J connectivity index is 2.14. The van der Waals surface area contributed by atoms with Gasteiger partial charge in [0.15, 0.2) is 0 Å². The molecule has 2 aliphatic rings. The summed E-state index contributed by atoms with van der Waals surface area (Å²) >= 11 is 0. The van der Waals surface area contributed by atoms with Crippen LogP contribution in [0.4, 0.5) is 0 Å². The number of hydrogen-bond donors (Lipinski definition) is 2. The van der Waals surface area contributed by atoms with Crippen molar-refractivity contribution in [2.75, 3.05) is 0 Å². The Kier molecular flexibility index (Phi) is 1.85. The van der Waals surface area contributed by atoms with Crippen LogP contribution in [0.2, 0.25) is 0 Å². The molecule has 0 aromatic carbocycles. The number of aliphatic hydroxyl groups excluding tert-OH is 1. The zero-order valence-corrected chi connectivity index (χ0v) is 7.67. The molecule has 1 amide bonds. The number of carbonyl (C=O) groups is 2. The molecule has 5 nitrogen and oxygen atoms in total. The number of hydrogen-bond acceptors (Lipinski definition) is 3. The summed E-state index contributed by atoms with van der Waals surface area (Å²) in [4.78, 5) is 23.4. The van der Waals surface area contributed by atoms with Crippen molar-refractivity contribution in [3.8, 4) is 0 Å². The number of carbonyl (C=O) groups excluding carboxylic acids is 1. The Bertz CT molecular complexity index is 334. The maximum absolute atomic E-state index is 11.4. The van der Waals surface area contributed by atoms with E-state index in [0.717, 1.165) is 0 Å². The predicted octanol–water partition coefficient (Wildman–Crippen LogP) is -0.434. The van der Waals surface area contributed by atoms with Crippen LogP contribution in [0.1, 0.15) is 13.3 Å². The van der Waals surface area contributed by atoms with Gasteiger partial charge in [0.05, 0.1) is 23.6 Å². The molecule has 1 saturated heterocycles. The standard InChI is InChI=1S/C9H11NO4/c1-4(11)7-6-2-5(9(13)14)3-10(6)8(7)12/h3-4,6-7,11H,2H2,1H3,(H,13,14)/t4?,6-,7?/m1/s1. The molecule has 76 valence electrons. The minimum absolute atomic E-state index is 0.145. The summed E-state index contributed by atoms with van der Waals surface area (Å²) in [6, 6.07) is -0.145. The van der Waals surface area contributed by atoms with Gasteiger partial charge in [-0.25, -0.2) is 4.79 Å². The predicted molar refractivity (Wildman–Crippen MR) is 46.1 cm³/mol. The average molecular weight is 197 g/mol. The zero-order valence-electron chi connectivity index (χ0n) is 7.67. The average Bonchev–Trinajstić information content (AvgIpc) is 2.43. The number of carboxylic acid groups (broad SMARTS) is 1. The van der Waals surface area contributed by atoms with Crippen LogP contribution in [0.3, 0.4) is 0 Å². The fourth-order valence-electron chi connectivity index (χ4n) is 2.09. The first kappa shape index (κ1) is 9.21. The van der Waals surface area contributed by atoms with E-state index in [2.05, 4.69) is 0 Å². The number of carboxylic acids is 1. The molecular weight excluding hydrogens is 186 g/mol. The highest BCUT2D eigenvalue weighted by molar-refractivity contribution is 5.94. The monoisotopic (exact) mass is 197 g/mol. The van der Waals surface area contributed by atoms with Crippen LogP contribution in [0.15, 0.2) is 11.8 Å². The van der Waals surface area contributed by atoms with Crippen molar-refractivity contribution in [1.82, 2.24) is 4.90 Å². The van der Waals surface area contributed by atoms with Gasteiger partial charge in [-0.1, -0.05) is 0 Å². The number of β-lactam (4-membered cyclic amide) rings is 1. The number of rotatable bonds is 2. The molecular formula is C9H11NO4. The van der Waals surface area contributed by atoms with Crippen LogP contribution in [-0.2, 0) is 9.59 Å². The molecule has 0 radical (unpaired) electrons. The van der Waals surface area contributed by atoms with Gasteiger partial charge >= 0.3 is 5.97 Å². The van der Waals surface area contributed by atoms with Gasteiger partial charge in [0.2, 0.25) is 5.91 Å². The van der Waals surface area contributed by atoms with E-state index in [1.54, 1.807) is 6.92 Å². The number of nitrogens with zero attached hydrogens (tertiary/aromatic N) is 1. The van der Waals surface area contributed by atoms with Crippen LogP contribution in [-0.4, -0.2) is 39.1 Å². The van der Waals surface area contributed by atoms with Crippen LogP contribution in [0, 0.1) is 5.92 Å². The van der Waals surface area contributed by atoms with Gasteiger partial charge in [0.25, 0.3) is 0 Å². The molecule has 0 aliphatic carbocycles. The Morgan fingerprint density at radius 3 is 2.86 bits per heavy atom. The SMILES string of the molecule is CC(O)C1C(=O)N2C=C(C(=O)O)C[C@H]12. The fourth-order valence-corrected chi connectivity index (χ4v) is 2.09. The maximum Gasteiger partial charge on any atom is 0.333 e. The first-order chi connectivity index (χ1) is 6.52. The molecule has 0 saturated carbocycles. The van der Waals surface area contributed by atoms with Gasteiger partial charge in [-0.05, 0) is 6.92 Å².